The number of hydrogen-bond acceptors (Lipinski definition) is 4. The Morgan fingerprint density at radius 3 is 2.67 bits per heavy atom. The predicted molar refractivity (Wildman–Crippen MR) is 77.1 cm³/mol. The van der Waals surface area contributed by atoms with Crippen LogP contribution in [0.15, 0.2) is 30.5 Å². The molecular weight excluding hydrogens is 268 g/mol. The molecule has 0 radical (unpaired) electrons. The van der Waals surface area contributed by atoms with E-state index < -0.39 is 5.97 Å². The third-order valence-electron chi connectivity index (χ3n) is 3.93. The van der Waals surface area contributed by atoms with E-state index in [4.69, 9.17) is 5.11 Å². The molecule has 1 aromatic heterocycles. The molecule has 2 heterocycles. The van der Waals surface area contributed by atoms with Crippen LogP contribution in [0.1, 0.15) is 34.6 Å². The number of carboxylic acid groups (broad SMARTS) is 1. The normalized spacial score (nSPS) is 15.9. The molecule has 21 heavy (non-hydrogen) atoms. The van der Waals surface area contributed by atoms with Crippen molar-refractivity contribution in [3.8, 4) is 0 Å². The zero-order valence-corrected chi connectivity index (χ0v) is 11.9. The van der Waals surface area contributed by atoms with Crippen molar-refractivity contribution < 1.29 is 9.90 Å². The first kappa shape index (κ1) is 13.8. The Kier molecular flexibility index (Phi) is 3.70. The lowest BCUT2D eigenvalue weighted by molar-refractivity contribution is 0.0690. The van der Waals surface area contributed by atoms with Gasteiger partial charge in [0.05, 0.1) is 12.2 Å². The second kappa shape index (κ2) is 5.65. The van der Waals surface area contributed by atoms with E-state index >= 15 is 0 Å². The number of carbonyl (C=O) groups is 1. The fraction of sp³-hybridized carbons (Fsp3) is 0.400. The molecule has 1 aliphatic heterocycles. The maximum atomic E-state index is 10.8. The van der Waals surface area contributed by atoms with Crippen LogP contribution in [0.2, 0.25) is 0 Å². The summed E-state index contributed by atoms with van der Waals surface area (Å²) in [6.45, 7) is 4.85. The van der Waals surface area contributed by atoms with E-state index in [0.29, 0.717) is 0 Å². The van der Waals surface area contributed by atoms with Gasteiger partial charge in [0.25, 0.3) is 0 Å². The number of hydrogen-bond donors (Lipinski definition) is 1. The van der Waals surface area contributed by atoms with E-state index in [1.165, 1.54) is 17.3 Å². The molecular formula is C15H18N4O2. The first-order chi connectivity index (χ1) is 10.2. The molecule has 1 N–H and O–H groups in total. The van der Waals surface area contributed by atoms with Gasteiger partial charge >= 0.3 is 5.97 Å². The monoisotopic (exact) mass is 286 g/mol. The number of benzene rings is 1. The number of aryl methyl sites for hydroxylation is 1. The maximum Gasteiger partial charge on any atom is 0.358 e. The van der Waals surface area contributed by atoms with Crippen molar-refractivity contribution in [1.29, 1.82) is 0 Å². The van der Waals surface area contributed by atoms with Crippen LogP contribution in [0.3, 0.4) is 0 Å². The second-order valence-corrected chi connectivity index (χ2v) is 5.36. The SMILES string of the molecule is CCc1ccccc1CN1CC(n2cc(C(=O)O)nn2)C1. The Bertz CT molecular complexity index is 647. The molecule has 6 heteroatoms. The van der Waals surface area contributed by atoms with Crippen LogP contribution >= 0.6 is 0 Å². The van der Waals surface area contributed by atoms with Gasteiger partial charge in [-0.25, -0.2) is 9.48 Å². The van der Waals surface area contributed by atoms with Gasteiger partial charge < -0.3 is 5.11 Å². The molecule has 6 nitrogen and oxygen atoms in total. The Hall–Kier alpha value is -2.21. The van der Waals surface area contributed by atoms with E-state index in [1.54, 1.807) is 4.68 Å². The molecule has 0 atom stereocenters. The predicted octanol–water partition coefficient (Wildman–Crippen LogP) is 1.60. The molecule has 0 saturated carbocycles. The second-order valence-electron chi connectivity index (χ2n) is 5.36. The highest BCUT2D eigenvalue weighted by Crippen LogP contribution is 2.23. The fourth-order valence-corrected chi connectivity index (χ4v) is 2.69. The van der Waals surface area contributed by atoms with Gasteiger partial charge in [-0.3, -0.25) is 4.90 Å². The molecule has 1 aromatic carbocycles. The molecule has 1 aliphatic rings. The summed E-state index contributed by atoms with van der Waals surface area (Å²) in [4.78, 5) is 13.1. The standard InChI is InChI=1S/C15H18N4O2/c1-2-11-5-3-4-6-12(11)7-18-8-13(9-18)19-10-14(15(20)21)16-17-19/h3-6,10,13H,2,7-9H2,1H3,(H,20,21). The first-order valence-electron chi connectivity index (χ1n) is 7.11. The quantitative estimate of drug-likeness (QED) is 0.904. The topological polar surface area (TPSA) is 71.2 Å². The molecule has 110 valence electrons. The lowest BCUT2D eigenvalue weighted by atomic mass is 10.0. The molecule has 0 bridgehead atoms. The summed E-state index contributed by atoms with van der Waals surface area (Å²) >= 11 is 0. The molecule has 0 unspecified atom stereocenters. The van der Waals surface area contributed by atoms with Crippen molar-refractivity contribution in [3.05, 3.63) is 47.3 Å². The summed E-state index contributed by atoms with van der Waals surface area (Å²) in [7, 11) is 0. The van der Waals surface area contributed by atoms with Crippen LogP contribution in [-0.2, 0) is 13.0 Å². The van der Waals surface area contributed by atoms with Crippen LogP contribution < -0.4 is 0 Å². The molecule has 0 spiro atoms. The van der Waals surface area contributed by atoms with E-state index in [-0.39, 0.29) is 11.7 Å². The highest BCUT2D eigenvalue weighted by molar-refractivity contribution is 5.84. The summed E-state index contributed by atoms with van der Waals surface area (Å²) < 4.78 is 1.66. The molecule has 1 fully saturated rings. The number of aromatic nitrogens is 3. The van der Waals surface area contributed by atoms with Crippen LogP contribution in [0.25, 0.3) is 0 Å². The highest BCUT2D eigenvalue weighted by Gasteiger charge is 2.29. The minimum Gasteiger partial charge on any atom is -0.476 e. The Balaban J connectivity index is 1.59. The number of aromatic carboxylic acids is 1. The van der Waals surface area contributed by atoms with Crippen molar-refractivity contribution in [2.75, 3.05) is 13.1 Å². The highest BCUT2D eigenvalue weighted by atomic mass is 16.4. The summed E-state index contributed by atoms with van der Waals surface area (Å²) in [6, 6.07) is 8.71. The number of nitrogens with zero attached hydrogens (tertiary/aromatic N) is 4. The molecule has 0 amide bonds. The molecule has 1 saturated heterocycles. The fourth-order valence-electron chi connectivity index (χ4n) is 2.69. The average molecular weight is 286 g/mol. The van der Waals surface area contributed by atoms with Crippen LogP contribution in [0, 0.1) is 0 Å². The Morgan fingerprint density at radius 1 is 1.33 bits per heavy atom. The number of likely N-dealkylation sites (tertiary alicyclic amines) is 1. The zero-order valence-electron chi connectivity index (χ0n) is 11.9. The van der Waals surface area contributed by atoms with E-state index in [2.05, 4.69) is 46.4 Å². The van der Waals surface area contributed by atoms with Crippen molar-refractivity contribution >= 4 is 5.97 Å². The van der Waals surface area contributed by atoms with Crippen LogP contribution in [0.5, 0.6) is 0 Å². The van der Waals surface area contributed by atoms with E-state index in [9.17, 15) is 4.79 Å². The summed E-state index contributed by atoms with van der Waals surface area (Å²) in [5.74, 6) is -1.03. The van der Waals surface area contributed by atoms with Crippen molar-refractivity contribution in [2.24, 2.45) is 0 Å². The third-order valence-corrected chi connectivity index (χ3v) is 3.93. The number of carboxylic acids is 1. The van der Waals surface area contributed by atoms with Gasteiger partial charge in [0.15, 0.2) is 5.69 Å². The zero-order chi connectivity index (χ0) is 14.8. The minimum absolute atomic E-state index is 0.00442. The van der Waals surface area contributed by atoms with Crippen molar-refractivity contribution in [2.45, 2.75) is 25.9 Å². The van der Waals surface area contributed by atoms with Gasteiger partial charge in [-0.1, -0.05) is 36.4 Å². The lowest BCUT2D eigenvalue weighted by Crippen LogP contribution is -2.47. The van der Waals surface area contributed by atoms with E-state index in [0.717, 1.165) is 26.1 Å². The van der Waals surface area contributed by atoms with Gasteiger partial charge in [0.2, 0.25) is 0 Å². The van der Waals surface area contributed by atoms with Gasteiger partial charge in [0, 0.05) is 19.6 Å². The van der Waals surface area contributed by atoms with Crippen LogP contribution in [-0.4, -0.2) is 44.1 Å². The van der Waals surface area contributed by atoms with Gasteiger partial charge in [-0.15, -0.1) is 5.10 Å². The molecule has 3 rings (SSSR count). The van der Waals surface area contributed by atoms with Gasteiger partial charge in [-0.05, 0) is 17.5 Å². The number of rotatable bonds is 5. The largest absolute Gasteiger partial charge is 0.476 e. The third kappa shape index (κ3) is 2.80. The smallest absolute Gasteiger partial charge is 0.358 e. The first-order valence-corrected chi connectivity index (χ1v) is 7.11. The summed E-state index contributed by atoms with van der Waals surface area (Å²) in [6.07, 6.45) is 2.54. The summed E-state index contributed by atoms with van der Waals surface area (Å²) in [5.41, 5.74) is 2.75. The van der Waals surface area contributed by atoms with E-state index in [1.807, 2.05) is 0 Å². The van der Waals surface area contributed by atoms with Crippen molar-refractivity contribution in [3.63, 3.8) is 0 Å². The minimum atomic E-state index is -1.03. The average Bonchev–Trinajstić information content (AvgIpc) is 2.92. The lowest BCUT2D eigenvalue weighted by Gasteiger charge is -2.39. The molecule has 2 aromatic rings. The summed E-state index contributed by atoms with van der Waals surface area (Å²) in [5, 5.41) is 16.4. The molecule has 0 aliphatic carbocycles. The van der Waals surface area contributed by atoms with Gasteiger partial charge in [0.1, 0.15) is 0 Å². The maximum absolute atomic E-state index is 10.8. The Labute approximate surface area is 123 Å². The van der Waals surface area contributed by atoms with Gasteiger partial charge in [-0.2, -0.15) is 0 Å². The van der Waals surface area contributed by atoms with Crippen molar-refractivity contribution in [1.82, 2.24) is 19.9 Å². The Morgan fingerprint density at radius 2 is 2.05 bits per heavy atom. The van der Waals surface area contributed by atoms with Crippen LogP contribution in [0.4, 0.5) is 0 Å².